The van der Waals surface area contributed by atoms with Crippen LogP contribution in [0.3, 0.4) is 0 Å². The van der Waals surface area contributed by atoms with Gasteiger partial charge in [0, 0.05) is 6.20 Å². The lowest BCUT2D eigenvalue weighted by atomic mass is 9.84. The second-order valence-electron chi connectivity index (χ2n) is 8.74. The Bertz CT molecular complexity index is 776. The molecule has 1 amide bonds. The van der Waals surface area contributed by atoms with Crippen LogP contribution >= 0.6 is 0 Å². The Morgan fingerprint density at radius 3 is 2.45 bits per heavy atom. The van der Waals surface area contributed by atoms with Gasteiger partial charge in [0.05, 0.1) is 12.6 Å². The number of aryl methyl sites for hydroxylation is 1. The van der Waals surface area contributed by atoms with E-state index in [2.05, 4.69) is 11.9 Å². The molecule has 1 aliphatic rings. The van der Waals surface area contributed by atoms with Crippen molar-refractivity contribution in [1.29, 1.82) is 0 Å². The Morgan fingerprint density at radius 1 is 1.21 bits per heavy atom. The molecule has 0 bridgehead atoms. The largest absolute Gasteiger partial charge is 0.480 e. The molecule has 7 heteroatoms. The van der Waals surface area contributed by atoms with Crippen molar-refractivity contribution in [1.82, 2.24) is 10.2 Å². The highest BCUT2D eigenvalue weighted by atomic mass is 16.5. The monoisotopic (exact) mass is 458 g/mol. The normalized spacial score (nSPS) is 16.9. The van der Waals surface area contributed by atoms with Crippen molar-refractivity contribution in [2.75, 3.05) is 6.61 Å². The average molecular weight is 459 g/mol. The van der Waals surface area contributed by atoms with Crippen molar-refractivity contribution in [2.24, 2.45) is 5.92 Å². The Hall–Kier alpha value is -2.67. The van der Waals surface area contributed by atoms with Crippen LogP contribution in [0, 0.1) is 5.92 Å². The van der Waals surface area contributed by atoms with Gasteiger partial charge in [-0.25, -0.2) is 4.79 Å². The summed E-state index contributed by atoms with van der Waals surface area (Å²) in [5.41, 5.74) is 1.08. The van der Waals surface area contributed by atoms with Gasteiger partial charge in [-0.2, -0.15) is 0 Å². The summed E-state index contributed by atoms with van der Waals surface area (Å²) in [6.45, 7) is 7.33. The first-order valence-electron chi connectivity index (χ1n) is 12.0. The first kappa shape index (κ1) is 26.6. The molecule has 7 nitrogen and oxygen atoms in total. The Balaban J connectivity index is 2.07. The molecule has 1 aromatic carbocycles. The number of carbonyl (C=O) groups excluding carboxylic acids is 2. The summed E-state index contributed by atoms with van der Waals surface area (Å²) < 4.78 is 5.21. The number of nitrogens with zero attached hydrogens (tertiary/aromatic N) is 1. The van der Waals surface area contributed by atoms with E-state index in [-0.39, 0.29) is 12.5 Å². The summed E-state index contributed by atoms with van der Waals surface area (Å²) in [7, 11) is 0. The lowest BCUT2D eigenvalue weighted by Gasteiger charge is -2.32. The standard InChI is InChI=1S/C26H38N2O5/c1-4-28(23(25(30)31)18-21-14-10-7-11-15-21)24(29)19(3)27-22(26(32)33-5-2)17-16-20-12-8-6-9-13-20/h4,6,8-9,12-13,19,21-23,27H,1,5,7,10-11,14-18H2,2-3H3,(H,30,31)/t19-,22+,23+/m1/s1. The number of hydrogen-bond acceptors (Lipinski definition) is 5. The van der Waals surface area contributed by atoms with E-state index < -0.39 is 36.0 Å². The zero-order valence-corrected chi connectivity index (χ0v) is 19.9. The van der Waals surface area contributed by atoms with Crippen molar-refractivity contribution in [2.45, 2.75) is 83.3 Å². The molecule has 2 rings (SSSR count). The van der Waals surface area contributed by atoms with Crippen LogP contribution in [0.25, 0.3) is 0 Å². The highest BCUT2D eigenvalue weighted by Gasteiger charge is 2.34. The summed E-state index contributed by atoms with van der Waals surface area (Å²) in [5, 5.41) is 12.9. The fraction of sp³-hybridized carbons (Fsp3) is 0.577. The molecule has 0 aromatic heterocycles. The molecule has 0 spiro atoms. The Kier molecular flexibility index (Phi) is 11.1. The molecule has 1 saturated carbocycles. The molecule has 0 radical (unpaired) electrons. The maximum Gasteiger partial charge on any atom is 0.326 e. The number of ether oxygens (including phenoxy) is 1. The van der Waals surface area contributed by atoms with E-state index in [1.165, 1.54) is 17.5 Å². The molecule has 1 fully saturated rings. The number of carboxylic acid groups (broad SMARTS) is 1. The van der Waals surface area contributed by atoms with Gasteiger partial charge in [0.2, 0.25) is 5.91 Å². The molecule has 0 aliphatic heterocycles. The fourth-order valence-corrected chi connectivity index (χ4v) is 4.51. The van der Waals surface area contributed by atoms with Gasteiger partial charge in [-0.05, 0) is 44.6 Å². The third-order valence-corrected chi connectivity index (χ3v) is 6.31. The number of carbonyl (C=O) groups is 3. The molecule has 1 aromatic rings. The molecule has 2 N–H and O–H groups in total. The topological polar surface area (TPSA) is 95.9 Å². The summed E-state index contributed by atoms with van der Waals surface area (Å²) in [6, 6.07) is 7.36. The maximum absolute atomic E-state index is 13.2. The van der Waals surface area contributed by atoms with Crippen LogP contribution < -0.4 is 5.32 Å². The summed E-state index contributed by atoms with van der Waals surface area (Å²) in [5.74, 6) is -1.58. The van der Waals surface area contributed by atoms with Gasteiger partial charge in [-0.15, -0.1) is 0 Å². The van der Waals surface area contributed by atoms with E-state index in [1.54, 1.807) is 13.8 Å². The minimum absolute atomic E-state index is 0.242. The van der Waals surface area contributed by atoms with Crippen molar-refractivity contribution < 1.29 is 24.2 Å². The number of rotatable bonds is 13. The number of aliphatic carboxylic acids is 1. The van der Waals surface area contributed by atoms with Gasteiger partial charge in [-0.3, -0.25) is 14.9 Å². The molecule has 1 aliphatic carbocycles. The number of benzene rings is 1. The number of amides is 1. The first-order chi connectivity index (χ1) is 15.9. The second-order valence-corrected chi connectivity index (χ2v) is 8.74. The average Bonchev–Trinajstić information content (AvgIpc) is 2.82. The third kappa shape index (κ3) is 8.31. The van der Waals surface area contributed by atoms with E-state index in [0.717, 1.165) is 31.2 Å². The maximum atomic E-state index is 13.2. The summed E-state index contributed by atoms with van der Waals surface area (Å²) >= 11 is 0. The van der Waals surface area contributed by atoms with Crippen molar-refractivity contribution >= 4 is 17.8 Å². The van der Waals surface area contributed by atoms with Gasteiger partial charge >= 0.3 is 11.9 Å². The lowest BCUT2D eigenvalue weighted by Crippen LogP contribution is -2.53. The Labute approximate surface area is 197 Å². The van der Waals surface area contributed by atoms with Gasteiger partial charge in [0.15, 0.2) is 0 Å². The fourth-order valence-electron chi connectivity index (χ4n) is 4.51. The third-order valence-electron chi connectivity index (χ3n) is 6.31. The van der Waals surface area contributed by atoms with Crippen LogP contribution in [-0.2, 0) is 25.5 Å². The van der Waals surface area contributed by atoms with Crippen LogP contribution in [0.15, 0.2) is 43.1 Å². The number of carboxylic acids is 1. The Morgan fingerprint density at radius 2 is 1.88 bits per heavy atom. The van der Waals surface area contributed by atoms with Gasteiger partial charge in [0.1, 0.15) is 12.1 Å². The quantitative estimate of drug-likeness (QED) is 0.435. The van der Waals surface area contributed by atoms with Crippen LogP contribution in [0.2, 0.25) is 0 Å². The van der Waals surface area contributed by atoms with Crippen LogP contribution in [-0.4, -0.2) is 52.6 Å². The van der Waals surface area contributed by atoms with Crippen LogP contribution in [0.4, 0.5) is 0 Å². The molecule has 182 valence electrons. The van der Waals surface area contributed by atoms with E-state index in [1.807, 2.05) is 30.3 Å². The van der Waals surface area contributed by atoms with E-state index in [0.29, 0.717) is 19.3 Å². The molecule has 0 heterocycles. The van der Waals surface area contributed by atoms with Crippen molar-refractivity contribution in [3.05, 3.63) is 48.7 Å². The summed E-state index contributed by atoms with van der Waals surface area (Å²) in [4.78, 5) is 39.0. The zero-order chi connectivity index (χ0) is 24.2. The minimum atomic E-state index is -1.04. The summed E-state index contributed by atoms with van der Waals surface area (Å²) in [6.07, 6.45) is 8.15. The first-order valence-corrected chi connectivity index (χ1v) is 12.0. The van der Waals surface area contributed by atoms with Crippen molar-refractivity contribution in [3.8, 4) is 0 Å². The highest BCUT2D eigenvalue weighted by molar-refractivity contribution is 5.88. The zero-order valence-electron chi connectivity index (χ0n) is 19.9. The number of nitrogens with one attached hydrogen (secondary N) is 1. The molecule has 0 unspecified atom stereocenters. The number of hydrogen-bond donors (Lipinski definition) is 2. The number of esters is 1. The highest BCUT2D eigenvalue weighted by Crippen LogP contribution is 2.29. The van der Waals surface area contributed by atoms with Crippen LogP contribution in [0.1, 0.15) is 64.4 Å². The smallest absolute Gasteiger partial charge is 0.326 e. The van der Waals surface area contributed by atoms with E-state index in [4.69, 9.17) is 4.74 Å². The predicted octanol–water partition coefficient (Wildman–Crippen LogP) is 3.92. The molecule has 0 saturated heterocycles. The second kappa shape index (κ2) is 13.8. The van der Waals surface area contributed by atoms with Gasteiger partial charge in [-0.1, -0.05) is 69.0 Å². The molecular weight excluding hydrogens is 420 g/mol. The minimum Gasteiger partial charge on any atom is -0.480 e. The van der Waals surface area contributed by atoms with E-state index in [9.17, 15) is 19.5 Å². The van der Waals surface area contributed by atoms with Crippen LogP contribution in [0.5, 0.6) is 0 Å². The molecule has 3 atom stereocenters. The predicted molar refractivity (Wildman–Crippen MR) is 127 cm³/mol. The molecular formula is C26H38N2O5. The molecule has 33 heavy (non-hydrogen) atoms. The van der Waals surface area contributed by atoms with Gasteiger partial charge in [0.25, 0.3) is 0 Å². The van der Waals surface area contributed by atoms with Gasteiger partial charge < -0.3 is 14.7 Å². The SMILES string of the molecule is C=CN(C(=O)[C@@H](C)N[C@@H](CCc1ccccc1)C(=O)OCC)[C@@H](CC1CCCCC1)C(=O)O. The lowest BCUT2D eigenvalue weighted by molar-refractivity contribution is -0.150. The van der Waals surface area contributed by atoms with E-state index >= 15 is 0 Å². The van der Waals surface area contributed by atoms with Crippen molar-refractivity contribution in [3.63, 3.8) is 0 Å².